The summed E-state index contributed by atoms with van der Waals surface area (Å²) in [5.41, 5.74) is 0.315. The molecule has 54 valence electrons. The molecule has 1 heterocycles. The number of aromatic nitrogens is 1. The Kier molecular flexibility index (Phi) is 2.56. The Bertz CT molecular complexity index is 221. The van der Waals surface area contributed by atoms with E-state index in [-0.39, 0.29) is 6.61 Å². The highest BCUT2D eigenvalue weighted by Gasteiger charge is 2.03. The average Bonchev–Trinajstić information content (AvgIpc) is 1.88. The molecule has 0 aliphatic carbocycles. The highest BCUT2D eigenvalue weighted by molar-refractivity contribution is 14.1. The van der Waals surface area contributed by atoms with Crippen molar-refractivity contribution in [2.45, 2.75) is 6.61 Å². The van der Waals surface area contributed by atoms with Gasteiger partial charge in [0.2, 0.25) is 0 Å². The van der Waals surface area contributed by atoms with Crippen molar-refractivity contribution >= 4 is 22.6 Å². The SMILES string of the molecule is OCc1c(F)cncc1I. The van der Waals surface area contributed by atoms with Crippen LogP contribution < -0.4 is 0 Å². The fraction of sp³-hybridized carbons (Fsp3) is 0.167. The van der Waals surface area contributed by atoms with Crippen LogP contribution >= 0.6 is 22.6 Å². The maximum Gasteiger partial charge on any atom is 0.148 e. The highest BCUT2D eigenvalue weighted by atomic mass is 127. The molecule has 0 bridgehead atoms. The van der Waals surface area contributed by atoms with Gasteiger partial charge in [0.1, 0.15) is 5.82 Å². The zero-order chi connectivity index (χ0) is 7.56. The minimum Gasteiger partial charge on any atom is -0.392 e. The fourth-order valence-corrected chi connectivity index (χ4v) is 1.18. The summed E-state index contributed by atoms with van der Waals surface area (Å²) in [7, 11) is 0. The third kappa shape index (κ3) is 1.43. The zero-order valence-corrected chi connectivity index (χ0v) is 7.17. The van der Waals surface area contributed by atoms with Gasteiger partial charge in [-0.15, -0.1) is 0 Å². The molecule has 0 unspecified atom stereocenters. The smallest absolute Gasteiger partial charge is 0.148 e. The lowest BCUT2D eigenvalue weighted by Crippen LogP contribution is -1.94. The molecule has 0 amide bonds. The van der Waals surface area contributed by atoms with Crippen LogP contribution in [0.5, 0.6) is 0 Å². The molecule has 0 aliphatic rings. The number of aliphatic hydroxyl groups excluding tert-OH is 1. The summed E-state index contributed by atoms with van der Waals surface area (Å²) in [4.78, 5) is 3.60. The van der Waals surface area contributed by atoms with Gasteiger partial charge in [0, 0.05) is 15.3 Å². The minimum atomic E-state index is -0.450. The molecule has 1 N–H and O–H groups in total. The van der Waals surface area contributed by atoms with Gasteiger partial charge >= 0.3 is 0 Å². The Morgan fingerprint density at radius 2 is 2.30 bits per heavy atom. The van der Waals surface area contributed by atoms with Crippen LogP contribution in [0.3, 0.4) is 0 Å². The molecule has 1 rings (SSSR count). The van der Waals surface area contributed by atoms with E-state index in [1.807, 2.05) is 22.6 Å². The Morgan fingerprint density at radius 3 is 2.70 bits per heavy atom. The Balaban J connectivity index is 3.17. The Labute approximate surface area is 71.2 Å². The lowest BCUT2D eigenvalue weighted by molar-refractivity contribution is 0.274. The van der Waals surface area contributed by atoms with Crippen LogP contribution in [0.15, 0.2) is 12.4 Å². The molecule has 1 aromatic heterocycles. The van der Waals surface area contributed by atoms with E-state index in [9.17, 15) is 4.39 Å². The van der Waals surface area contributed by atoms with Crippen molar-refractivity contribution < 1.29 is 9.50 Å². The molecular weight excluding hydrogens is 248 g/mol. The number of pyridine rings is 1. The second-order valence-corrected chi connectivity index (χ2v) is 2.90. The van der Waals surface area contributed by atoms with Crippen LogP contribution in [0.4, 0.5) is 4.39 Å². The summed E-state index contributed by atoms with van der Waals surface area (Å²) in [6.07, 6.45) is 2.60. The molecule has 0 saturated heterocycles. The summed E-state index contributed by atoms with van der Waals surface area (Å²) >= 11 is 1.92. The summed E-state index contributed by atoms with van der Waals surface area (Å²) < 4.78 is 13.3. The molecule has 4 heteroatoms. The number of hydrogen-bond acceptors (Lipinski definition) is 2. The highest BCUT2D eigenvalue weighted by Crippen LogP contribution is 2.13. The number of aliphatic hydroxyl groups is 1. The van der Waals surface area contributed by atoms with Gasteiger partial charge in [-0.05, 0) is 22.6 Å². The van der Waals surface area contributed by atoms with E-state index in [0.29, 0.717) is 9.13 Å². The lowest BCUT2D eigenvalue weighted by atomic mass is 10.3. The number of halogens is 2. The van der Waals surface area contributed by atoms with Crippen LogP contribution in [0, 0.1) is 9.39 Å². The molecule has 0 spiro atoms. The van der Waals surface area contributed by atoms with Gasteiger partial charge < -0.3 is 5.11 Å². The molecule has 10 heavy (non-hydrogen) atoms. The standard InChI is InChI=1S/C6H5FINO/c7-5-1-9-2-6(8)4(5)3-10/h1-2,10H,3H2. The van der Waals surface area contributed by atoms with Gasteiger partial charge in [-0.2, -0.15) is 0 Å². The third-order valence-electron chi connectivity index (χ3n) is 1.11. The van der Waals surface area contributed by atoms with E-state index in [1.165, 1.54) is 6.20 Å². The van der Waals surface area contributed by atoms with Gasteiger partial charge in [-0.3, -0.25) is 4.98 Å². The predicted octanol–water partition coefficient (Wildman–Crippen LogP) is 1.32. The van der Waals surface area contributed by atoms with E-state index in [4.69, 9.17) is 5.11 Å². The number of hydrogen-bond donors (Lipinski definition) is 1. The van der Waals surface area contributed by atoms with Crippen molar-refractivity contribution in [3.8, 4) is 0 Å². The van der Waals surface area contributed by atoms with E-state index >= 15 is 0 Å². The van der Waals surface area contributed by atoms with Crippen LogP contribution in [0.1, 0.15) is 5.56 Å². The van der Waals surface area contributed by atoms with E-state index in [0.717, 1.165) is 6.20 Å². The molecule has 0 atom stereocenters. The summed E-state index contributed by atoms with van der Waals surface area (Å²) in [5, 5.41) is 8.63. The minimum absolute atomic E-state index is 0.271. The average molecular weight is 253 g/mol. The van der Waals surface area contributed by atoms with Crippen LogP contribution in [0.2, 0.25) is 0 Å². The van der Waals surface area contributed by atoms with Crippen LogP contribution in [-0.4, -0.2) is 10.1 Å². The summed E-state index contributed by atoms with van der Waals surface area (Å²) in [6, 6.07) is 0. The molecular formula is C6H5FINO. The number of rotatable bonds is 1. The first-order valence-corrected chi connectivity index (χ1v) is 3.72. The van der Waals surface area contributed by atoms with Crippen molar-refractivity contribution in [3.63, 3.8) is 0 Å². The lowest BCUT2D eigenvalue weighted by Gasteiger charge is -1.98. The van der Waals surface area contributed by atoms with E-state index < -0.39 is 5.82 Å². The van der Waals surface area contributed by atoms with Gasteiger partial charge in [0.05, 0.1) is 12.8 Å². The van der Waals surface area contributed by atoms with Gasteiger partial charge in [0.25, 0.3) is 0 Å². The topological polar surface area (TPSA) is 33.1 Å². The van der Waals surface area contributed by atoms with Crippen molar-refractivity contribution in [2.75, 3.05) is 0 Å². The Hall–Kier alpha value is -0.230. The Morgan fingerprint density at radius 1 is 1.60 bits per heavy atom. The van der Waals surface area contributed by atoms with Crippen molar-refractivity contribution in [2.24, 2.45) is 0 Å². The monoisotopic (exact) mass is 253 g/mol. The van der Waals surface area contributed by atoms with Gasteiger partial charge in [0.15, 0.2) is 0 Å². The maximum atomic E-state index is 12.6. The summed E-state index contributed by atoms with van der Waals surface area (Å²) in [6.45, 7) is -0.271. The molecule has 0 saturated carbocycles. The van der Waals surface area contributed by atoms with E-state index in [2.05, 4.69) is 4.98 Å². The first-order valence-electron chi connectivity index (χ1n) is 2.64. The molecule has 2 nitrogen and oxygen atoms in total. The van der Waals surface area contributed by atoms with Crippen LogP contribution in [0.25, 0.3) is 0 Å². The predicted molar refractivity (Wildman–Crippen MR) is 42.8 cm³/mol. The van der Waals surface area contributed by atoms with E-state index in [1.54, 1.807) is 0 Å². The second-order valence-electron chi connectivity index (χ2n) is 1.74. The quantitative estimate of drug-likeness (QED) is 0.765. The first kappa shape index (κ1) is 7.87. The third-order valence-corrected chi connectivity index (χ3v) is 2.04. The normalized spacial score (nSPS) is 9.90. The van der Waals surface area contributed by atoms with Crippen molar-refractivity contribution in [1.82, 2.24) is 4.98 Å². The van der Waals surface area contributed by atoms with Crippen LogP contribution in [-0.2, 0) is 6.61 Å². The first-order chi connectivity index (χ1) is 4.75. The van der Waals surface area contributed by atoms with Gasteiger partial charge in [-0.25, -0.2) is 4.39 Å². The zero-order valence-electron chi connectivity index (χ0n) is 5.01. The second kappa shape index (κ2) is 3.25. The molecule has 0 fully saturated rings. The molecule has 0 aliphatic heterocycles. The molecule has 0 radical (unpaired) electrons. The maximum absolute atomic E-state index is 12.6. The van der Waals surface area contributed by atoms with Gasteiger partial charge in [-0.1, -0.05) is 0 Å². The summed E-state index contributed by atoms with van der Waals surface area (Å²) in [5.74, 6) is -0.450. The number of nitrogens with zero attached hydrogens (tertiary/aromatic N) is 1. The van der Waals surface area contributed by atoms with Crippen molar-refractivity contribution in [1.29, 1.82) is 0 Å². The molecule has 0 aromatic carbocycles. The largest absolute Gasteiger partial charge is 0.392 e. The fourth-order valence-electron chi connectivity index (χ4n) is 0.589. The van der Waals surface area contributed by atoms with Crippen molar-refractivity contribution in [3.05, 3.63) is 27.3 Å². The molecule has 1 aromatic rings.